The minimum absolute atomic E-state index is 0.378. The van der Waals surface area contributed by atoms with Crippen LogP contribution in [0.2, 0.25) is 0 Å². The number of terminal acetylenes is 1. The summed E-state index contributed by atoms with van der Waals surface area (Å²) in [4.78, 5) is 12.2. The van der Waals surface area contributed by atoms with E-state index in [2.05, 4.69) is 5.92 Å². The van der Waals surface area contributed by atoms with Gasteiger partial charge < -0.3 is 10.3 Å². The second-order valence-electron chi connectivity index (χ2n) is 5.57. The topological polar surface area (TPSA) is 48.0 Å². The average molecular weight is 314 g/mol. The number of carbonyl (C=O) groups is 1. The van der Waals surface area contributed by atoms with Gasteiger partial charge in [-0.3, -0.25) is 4.79 Å². The molecular formula is C21H18N2O. The highest BCUT2D eigenvalue weighted by Crippen LogP contribution is 2.38. The van der Waals surface area contributed by atoms with Crippen molar-refractivity contribution >= 4 is 5.91 Å². The lowest BCUT2D eigenvalue weighted by atomic mass is 9.96. The molecular weight excluding hydrogens is 296 g/mol. The third kappa shape index (κ3) is 2.59. The number of nitrogens with zero attached hydrogens (tertiary/aromatic N) is 1. The standard InChI is InChI=1S/C21H18N2O/c1-3-14-23-15(2)18(21(22)24)19(16-10-6-4-7-11-16)20(23)17-12-8-5-9-13-17/h1,4-13H,14H2,2H3,(H2,22,24). The quantitative estimate of drug-likeness (QED) is 0.730. The summed E-state index contributed by atoms with van der Waals surface area (Å²) in [6.07, 6.45) is 5.56. The van der Waals surface area contributed by atoms with Crippen LogP contribution < -0.4 is 5.73 Å². The molecule has 1 amide bonds. The molecule has 2 aromatic carbocycles. The molecule has 0 saturated carbocycles. The van der Waals surface area contributed by atoms with Crippen LogP contribution in [0.1, 0.15) is 16.1 Å². The lowest BCUT2D eigenvalue weighted by Gasteiger charge is -2.11. The zero-order valence-electron chi connectivity index (χ0n) is 13.5. The Morgan fingerprint density at radius 3 is 2.08 bits per heavy atom. The van der Waals surface area contributed by atoms with Gasteiger partial charge in [0, 0.05) is 11.3 Å². The maximum atomic E-state index is 12.2. The van der Waals surface area contributed by atoms with Gasteiger partial charge in [-0.2, -0.15) is 0 Å². The predicted molar refractivity (Wildman–Crippen MR) is 97.4 cm³/mol. The number of primary amides is 1. The highest BCUT2D eigenvalue weighted by molar-refractivity contribution is 6.05. The van der Waals surface area contributed by atoms with Crippen molar-refractivity contribution in [1.82, 2.24) is 4.57 Å². The van der Waals surface area contributed by atoms with Gasteiger partial charge in [-0.05, 0) is 18.1 Å². The van der Waals surface area contributed by atoms with Gasteiger partial charge in [0.1, 0.15) is 0 Å². The van der Waals surface area contributed by atoms with Crippen molar-refractivity contribution in [3.05, 3.63) is 71.9 Å². The SMILES string of the molecule is C#CCn1c(C)c(C(N)=O)c(-c2ccccc2)c1-c1ccccc1. The van der Waals surface area contributed by atoms with Gasteiger partial charge in [-0.15, -0.1) is 6.42 Å². The molecule has 0 unspecified atom stereocenters. The largest absolute Gasteiger partial charge is 0.366 e. The van der Waals surface area contributed by atoms with Crippen LogP contribution >= 0.6 is 0 Å². The van der Waals surface area contributed by atoms with Crippen LogP contribution in [0, 0.1) is 19.3 Å². The molecule has 118 valence electrons. The third-order valence-corrected chi connectivity index (χ3v) is 4.13. The van der Waals surface area contributed by atoms with Gasteiger partial charge >= 0.3 is 0 Å². The molecule has 0 aliphatic heterocycles. The molecule has 3 heteroatoms. The molecule has 0 saturated heterocycles. The van der Waals surface area contributed by atoms with E-state index in [1.807, 2.05) is 72.2 Å². The Morgan fingerprint density at radius 2 is 1.58 bits per heavy atom. The van der Waals surface area contributed by atoms with Gasteiger partial charge in [-0.1, -0.05) is 66.6 Å². The van der Waals surface area contributed by atoms with Crippen molar-refractivity contribution in [2.45, 2.75) is 13.5 Å². The van der Waals surface area contributed by atoms with Crippen LogP contribution in [0.5, 0.6) is 0 Å². The van der Waals surface area contributed by atoms with E-state index in [1.165, 1.54) is 0 Å². The minimum Gasteiger partial charge on any atom is -0.366 e. The molecule has 3 rings (SSSR count). The lowest BCUT2D eigenvalue weighted by Crippen LogP contribution is -2.13. The zero-order chi connectivity index (χ0) is 17.1. The van der Waals surface area contributed by atoms with Gasteiger partial charge in [0.2, 0.25) is 0 Å². The third-order valence-electron chi connectivity index (χ3n) is 4.13. The number of rotatable bonds is 4. The number of carbonyl (C=O) groups excluding carboxylic acids is 1. The minimum atomic E-state index is -0.445. The molecule has 0 bridgehead atoms. The first kappa shape index (κ1) is 15.6. The Hall–Kier alpha value is -3.25. The van der Waals surface area contributed by atoms with E-state index in [-0.39, 0.29) is 0 Å². The molecule has 0 atom stereocenters. The number of hydrogen-bond acceptors (Lipinski definition) is 1. The first-order chi connectivity index (χ1) is 11.6. The predicted octanol–water partition coefficient (Wildman–Crippen LogP) is 3.86. The summed E-state index contributed by atoms with van der Waals surface area (Å²) in [7, 11) is 0. The lowest BCUT2D eigenvalue weighted by molar-refractivity contribution is 0.1000. The van der Waals surface area contributed by atoms with Gasteiger partial charge in [-0.25, -0.2) is 0 Å². The molecule has 0 aliphatic carbocycles. The number of amides is 1. The number of hydrogen-bond donors (Lipinski definition) is 1. The van der Waals surface area contributed by atoms with Gasteiger partial charge in [0.25, 0.3) is 5.91 Å². The van der Waals surface area contributed by atoms with E-state index < -0.39 is 5.91 Å². The zero-order valence-corrected chi connectivity index (χ0v) is 13.5. The van der Waals surface area contributed by atoms with Crippen LogP contribution in [0.4, 0.5) is 0 Å². The highest BCUT2D eigenvalue weighted by atomic mass is 16.1. The van der Waals surface area contributed by atoms with E-state index in [0.717, 1.165) is 28.1 Å². The monoisotopic (exact) mass is 314 g/mol. The maximum absolute atomic E-state index is 12.2. The summed E-state index contributed by atoms with van der Waals surface area (Å²) in [5.41, 5.74) is 10.7. The van der Waals surface area contributed by atoms with E-state index in [9.17, 15) is 4.79 Å². The molecule has 0 spiro atoms. The van der Waals surface area contributed by atoms with Crippen LogP contribution in [0.25, 0.3) is 22.4 Å². The molecule has 2 N–H and O–H groups in total. The molecule has 1 aromatic heterocycles. The van der Waals surface area contributed by atoms with Crippen LogP contribution in [0.15, 0.2) is 60.7 Å². The Bertz CT molecular complexity index is 916. The summed E-state index contributed by atoms with van der Waals surface area (Å²) in [5.74, 6) is 2.23. The van der Waals surface area contributed by atoms with E-state index in [0.29, 0.717) is 12.1 Å². The van der Waals surface area contributed by atoms with Crippen LogP contribution in [0.3, 0.4) is 0 Å². The van der Waals surface area contributed by atoms with E-state index in [4.69, 9.17) is 12.2 Å². The Morgan fingerprint density at radius 1 is 1.04 bits per heavy atom. The molecule has 0 aliphatic rings. The molecule has 3 aromatic rings. The second-order valence-corrected chi connectivity index (χ2v) is 5.57. The van der Waals surface area contributed by atoms with Crippen LogP contribution in [-0.2, 0) is 6.54 Å². The van der Waals surface area contributed by atoms with E-state index in [1.54, 1.807) is 0 Å². The van der Waals surface area contributed by atoms with Crippen molar-refractivity contribution in [3.8, 4) is 34.7 Å². The number of benzene rings is 2. The first-order valence-corrected chi connectivity index (χ1v) is 7.72. The van der Waals surface area contributed by atoms with Crippen molar-refractivity contribution < 1.29 is 4.79 Å². The summed E-state index contributed by atoms with van der Waals surface area (Å²) in [5, 5.41) is 0. The fraction of sp³-hybridized carbons (Fsp3) is 0.0952. The van der Waals surface area contributed by atoms with Gasteiger partial charge in [0.05, 0.1) is 17.8 Å². The Kier molecular flexibility index (Phi) is 4.22. The second kappa shape index (κ2) is 6.47. The molecule has 1 heterocycles. The highest BCUT2D eigenvalue weighted by Gasteiger charge is 2.25. The average Bonchev–Trinajstić information content (AvgIpc) is 2.90. The van der Waals surface area contributed by atoms with E-state index >= 15 is 0 Å². The van der Waals surface area contributed by atoms with Crippen LogP contribution in [-0.4, -0.2) is 10.5 Å². The van der Waals surface area contributed by atoms with Crippen molar-refractivity contribution in [3.63, 3.8) is 0 Å². The smallest absolute Gasteiger partial charge is 0.251 e. The van der Waals surface area contributed by atoms with Crippen molar-refractivity contribution in [1.29, 1.82) is 0 Å². The Balaban J connectivity index is 2.43. The molecule has 0 radical (unpaired) electrons. The van der Waals surface area contributed by atoms with Crippen molar-refractivity contribution in [2.24, 2.45) is 5.73 Å². The summed E-state index contributed by atoms with van der Waals surface area (Å²) >= 11 is 0. The normalized spacial score (nSPS) is 10.3. The summed E-state index contributed by atoms with van der Waals surface area (Å²) in [6.45, 7) is 2.26. The maximum Gasteiger partial charge on any atom is 0.251 e. The van der Waals surface area contributed by atoms with Crippen molar-refractivity contribution in [2.75, 3.05) is 0 Å². The fourth-order valence-electron chi connectivity index (χ4n) is 3.11. The Labute approximate surface area is 141 Å². The number of nitrogens with two attached hydrogens (primary N) is 1. The molecule has 3 nitrogen and oxygen atoms in total. The first-order valence-electron chi connectivity index (χ1n) is 7.72. The fourth-order valence-corrected chi connectivity index (χ4v) is 3.11. The summed E-state index contributed by atoms with van der Waals surface area (Å²) < 4.78 is 1.98. The molecule has 24 heavy (non-hydrogen) atoms. The summed E-state index contributed by atoms with van der Waals surface area (Å²) in [6, 6.07) is 19.7. The molecule has 0 fully saturated rings. The van der Waals surface area contributed by atoms with Gasteiger partial charge in [0.15, 0.2) is 0 Å². The number of aromatic nitrogens is 1.